The molecule has 0 aliphatic carbocycles. The van der Waals surface area contributed by atoms with Gasteiger partial charge in [0.05, 0.1) is 28.9 Å². The second-order valence-corrected chi connectivity index (χ2v) is 17.4. The maximum absolute atomic E-state index is 8.82. The van der Waals surface area contributed by atoms with Crippen LogP contribution < -0.4 is 4.90 Å². The molecule has 0 spiro atoms. The molecule has 2 heterocycles. The maximum Gasteiger partial charge on any atom is 0.0645 e. The largest absolute Gasteiger partial charge is 0.311 e. The Balaban J connectivity index is 0.830. The smallest absolute Gasteiger partial charge is 0.0645 e. The molecule has 0 fully saturated rings. The van der Waals surface area contributed by atoms with Crippen LogP contribution in [0, 0.1) is 0 Å². The van der Waals surface area contributed by atoms with Gasteiger partial charge in [0.2, 0.25) is 0 Å². The van der Waals surface area contributed by atoms with E-state index in [0.717, 1.165) is 88.6 Å². The van der Waals surface area contributed by atoms with Gasteiger partial charge in [0.1, 0.15) is 0 Å². The van der Waals surface area contributed by atoms with Crippen LogP contribution in [0.15, 0.2) is 273 Å². The average Bonchev–Trinajstić information content (AvgIpc) is 4.00. The van der Waals surface area contributed by atoms with E-state index in [1.165, 1.54) is 22.3 Å². The molecule has 324 valence electrons. The fourth-order valence-corrected chi connectivity index (χ4v) is 10.1. The molecular weight excluding hydrogens is 835 g/mol. The third-order valence-corrected chi connectivity index (χ3v) is 13.4. The molecule has 0 aliphatic rings. The van der Waals surface area contributed by atoms with Crippen LogP contribution >= 0.6 is 0 Å². The quantitative estimate of drug-likeness (QED) is 0.141. The van der Waals surface area contributed by atoms with E-state index in [1.807, 2.05) is 42.5 Å². The Morgan fingerprint density at radius 1 is 0.261 bits per heavy atom. The highest BCUT2D eigenvalue weighted by atomic mass is 15.1. The first-order valence-corrected chi connectivity index (χ1v) is 23.3. The number of rotatable bonds is 9. The van der Waals surface area contributed by atoms with Crippen LogP contribution in [-0.4, -0.2) is 9.13 Å². The molecular formula is C66H45N3. The van der Waals surface area contributed by atoms with E-state index in [9.17, 15) is 0 Å². The summed E-state index contributed by atoms with van der Waals surface area (Å²) in [5.74, 6) is 0. The second kappa shape index (κ2) is 16.9. The zero-order chi connectivity index (χ0) is 50.0. The molecule has 11 aromatic carbocycles. The predicted octanol–water partition coefficient (Wildman–Crippen LogP) is 18.0. The fourth-order valence-electron chi connectivity index (χ4n) is 10.1. The molecule has 0 saturated heterocycles. The average molecular weight is 885 g/mol. The highest BCUT2D eigenvalue weighted by Crippen LogP contribution is 2.40. The van der Waals surface area contributed by atoms with Crippen LogP contribution in [0.4, 0.5) is 17.1 Å². The van der Waals surface area contributed by atoms with Gasteiger partial charge >= 0.3 is 0 Å². The molecule has 3 nitrogen and oxygen atoms in total. The number of hydrogen-bond donors (Lipinski definition) is 0. The predicted molar refractivity (Wildman–Crippen MR) is 292 cm³/mol. The summed E-state index contributed by atoms with van der Waals surface area (Å²) in [6.07, 6.45) is 0. The zero-order valence-electron chi connectivity index (χ0n) is 42.4. The summed E-state index contributed by atoms with van der Waals surface area (Å²) in [6.45, 7) is 0. The number of anilines is 3. The number of aromatic nitrogens is 2. The Morgan fingerprint density at radius 2 is 0.594 bits per heavy atom. The molecule has 0 unspecified atom stereocenters. The van der Waals surface area contributed by atoms with Crippen molar-refractivity contribution in [2.75, 3.05) is 4.90 Å². The summed E-state index contributed by atoms with van der Waals surface area (Å²) in [5, 5.41) is 4.15. The van der Waals surface area contributed by atoms with Crippen LogP contribution in [0.1, 0.15) is 6.85 Å². The normalized spacial score (nSPS) is 12.5. The fraction of sp³-hybridized carbons (Fsp3) is 0. The number of fused-ring (bicyclic) bond motifs is 6. The molecule has 0 amide bonds. The van der Waals surface area contributed by atoms with Gasteiger partial charge < -0.3 is 14.0 Å². The standard InChI is InChI=1S/C66H45N3/c1-4-14-46(15-5-1)48-24-34-55(35-25-48)67(56-36-26-49(27-37-56)47-16-6-2-7-17-47)57-38-28-50(29-39-57)51-30-40-58(41-31-51)69-64-23-13-11-21-60(64)62-45-53(33-43-66(62)69)52-32-42-65-61(44-52)59-20-10-12-22-63(59)68(65)54-18-8-3-9-19-54/h1-45H/i3D,8D,9D,18D,19D. The van der Waals surface area contributed by atoms with Gasteiger partial charge in [0.15, 0.2) is 0 Å². The Bertz CT molecular complexity index is 4150. The van der Waals surface area contributed by atoms with Gasteiger partial charge in [0, 0.05) is 50.0 Å². The van der Waals surface area contributed by atoms with Crippen molar-refractivity contribution in [2.24, 2.45) is 0 Å². The molecule has 0 atom stereocenters. The van der Waals surface area contributed by atoms with Crippen molar-refractivity contribution in [3.63, 3.8) is 0 Å². The van der Waals surface area contributed by atoms with Crippen molar-refractivity contribution in [1.82, 2.24) is 9.13 Å². The maximum atomic E-state index is 8.82. The van der Waals surface area contributed by atoms with E-state index >= 15 is 0 Å². The number of hydrogen-bond acceptors (Lipinski definition) is 1. The summed E-state index contributed by atoms with van der Waals surface area (Å²) < 4.78 is 46.8. The van der Waals surface area contributed by atoms with Gasteiger partial charge in [-0.15, -0.1) is 0 Å². The zero-order valence-corrected chi connectivity index (χ0v) is 37.4. The summed E-state index contributed by atoms with van der Waals surface area (Å²) >= 11 is 0. The van der Waals surface area contributed by atoms with Crippen LogP contribution in [-0.2, 0) is 0 Å². The van der Waals surface area contributed by atoms with Gasteiger partial charge in [-0.3, -0.25) is 0 Å². The lowest BCUT2D eigenvalue weighted by Gasteiger charge is -2.26. The molecule has 13 aromatic rings. The van der Waals surface area contributed by atoms with Crippen molar-refractivity contribution in [1.29, 1.82) is 0 Å². The van der Waals surface area contributed by atoms with Crippen molar-refractivity contribution in [3.05, 3.63) is 273 Å². The van der Waals surface area contributed by atoms with E-state index in [-0.39, 0.29) is 29.9 Å². The third kappa shape index (κ3) is 7.16. The first-order valence-electron chi connectivity index (χ1n) is 25.8. The Kier molecular flexibility index (Phi) is 8.60. The van der Waals surface area contributed by atoms with Crippen LogP contribution in [0.2, 0.25) is 0 Å². The van der Waals surface area contributed by atoms with Gasteiger partial charge in [-0.1, -0.05) is 176 Å². The first-order chi connectivity index (χ1) is 36.3. The lowest BCUT2D eigenvalue weighted by molar-refractivity contribution is 1.18. The molecule has 13 rings (SSSR count). The van der Waals surface area contributed by atoms with Gasteiger partial charge in [-0.25, -0.2) is 0 Å². The third-order valence-electron chi connectivity index (χ3n) is 13.4. The molecule has 2 aromatic heterocycles. The van der Waals surface area contributed by atoms with Gasteiger partial charge in [-0.2, -0.15) is 0 Å². The Labute approximate surface area is 408 Å². The molecule has 0 radical (unpaired) electrons. The SMILES string of the molecule is [2H]c1c([2H])c([2H])c(-n2c3ccccc3c3cc(-c4ccc5c(c4)c4ccccc4n5-c4ccc(-c5ccc(N(c6ccc(-c7ccccc7)cc6)c6ccc(-c7ccccc7)cc6)cc5)cc4)ccc32)c([2H])c1[2H]. The first kappa shape index (κ1) is 35.1. The molecule has 69 heavy (non-hydrogen) atoms. The van der Waals surface area contributed by atoms with Crippen molar-refractivity contribution in [2.45, 2.75) is 0 Å². The van der Waals surface area contributed by atoms with Crippen LogP contribution in [0.5, 0.6) is 0 Å². The van der Waals surface area contributed by atoms with Crippen LogP contribution in [0.3, 0.4) is 0 Å². The monoisotopic (exact) mass is 884 g/mol. The summed E-state index contributed by atoms with van der Waals surface area (Å²) in [6, 6.07) is 83.9. The molecule has 0 aliphatic heterocycles. The van der Waals surface area contributed by atoms with Crippen molar-refractivity contribution in [3.8, 4) is 55.9 Å². The highest BCUT2D eigenvalue weighted by Gasteiger charge is 2.18. The van der Waals surface area contributed by atoms with Crippen LogP contribution in [0.25, 0.3) is 99.5 Å². The number of nitrogens with zero attached hydrogens (tertiary/aromatic N) is 3. The minimum absolute atomic E-state index is 0.139. The van der Waals surface area contributed by atoms with Crippen molar-refractivity contribution >= 4 is 60.7 Å². The minimum Gasteiger partial charge on any atom is -0.311 e. The second-order valence-electron chi connectivity index (χ2n) is 17.4. The molecule has 0 saturated carbocycles. The molecule has 0 N–H and O–H groups in total. The highest BCUT2D eigenvalue weighted by molar-refractivity contribution is 6.12. The number of benzene rings is 11. The van der Waals surface area contributed by atoms with E-state index in [2.05, 4.69) is 210 Å². The van der Waals surface area contributed by atoms with E-state index in [4.69, 9.17) is 6.85 Å². The Hall–Kier alpha value is -9.18. The molecule has 0 bridgehead atoms. The van der Waals surface area contributed by atoms with E-state index in [1.54, 1.807) is 4.57 Å². The van der Waals surface area contributed by atoms with E-state index in [0.29, 0.717) is 0 Å². The summed E-state index contributed by atoms with van der Waals surface area (Å²) in [5.41, 5.74) is 17.2. The lowest BCUT2D eigenvalue weighted by atomic mass is 10.0. The van der Waals surface area contributed by atoms with Gasteiger partial charge in [-0.05, 0) is 142 Å². The van der Waals surface area contributed by atoms with Gasteiger partial charge in [0.25, 0.3) is 0 Å². The van der Waals surface area contributed by atoms with E-state index < -0.39 is 6.04 Å². The molecule has 3 heteroatoms. The summed E-state index contributed by atoms with van der Waals surface area (Å²) in [4.78, 5) is 2.31. The topological polar surface area (TPSA) is 13.1 Å². The Morgan fingerprint density at radius 3 is 1.03 bits per heavy atom. The summed E-state index contributed by atoms with van der Waals surface area (Å²) in [7, 11) is 0. The van der Waals surface area contributed by atoms with Crippen molar-refractivity contribution < 1.29 is 6.85 Å². The lowest BCUT2D eigenvalue weighted by Crippen LogP contribution is -2.09. The minimum atomic E-state index is -0.408. The number of para-hydroxylation sites is 3.